The first-order chi connectivity index (χ1) is 17.3. The van der Waals surface area contributed by atoms with Gasteiger partial charge in [0.2, 0.25) is 5.78 Å². The van der Waals surface area contributed by atoms with Crippen LogP contribution in [0.25, 0.3) is 28.2 Å². The van der Waals surface area contributed by atoms with Crippen LogP contribution in [0.5, 0.6) is 11.5 Å². The lowest BCUT2D eigenvalue weighted by Gasteiger charge is -2.34. The fraction of sp³-hybridized carbons (Fsp3) is 0.350. The number of hydrogen-bond acceptors (Lipinski definition) is 11. The van der Waals surface area contributed by atoms with E-state index in [0.717, 1.165) is 5.56 Å². The number of aliphatic hydroxyl groups excluding tert-OH is 1. The Balaban J connectivity index is 0.00000252. The van der Waals surface area contributed by atoms with Gasteiger partial charge in [0.25, 0.3) is 13.4 Å². The second-order valence-electron chi connectivity index (χ2n) is 8.43. The fourth-order valence-corrected chi connectivity index (χ4v) is 6.12. The number of aromatic nitrogens is 5. The van der Waals surface area contributed by atoms with Crippen molar-refractivity contribution >= 4 is 40.7 Å². The van der Waals surface area contributed by atoms with Crippen molar-refractivity contribution in [3.05, 3.63) is 39.5 Å². The van der Waals surface area contributed by atoms with Crippen LogP contribution in [0.4, 0.5) is 0 Å². The van der Waals surface area contributed by atoms with Crippen molar-refractivity contribution in [3.8, 4) is 22.8 Å². The summed E-state index contributed by atoms with van der Waals surface area (Å²) in [5.74, 6) is 1.46. The normalized spacial score (nSPS) is 29.6. The molecule has 3 aliphatic heterocycles. The number of H-pyrrole nitrogens is 1. The van der Waals surface area contributed by atoms with Gasteiger partial charge in [0.15, 0.2) is 33.6 Å². The minimum Gasteiger partial charge on any atom is -0.756 e. The van der Waals surface area contributed by atoms with E-state index in [9.17, 15) is 19.4 Å². The van der Waals surface area contributed by atoms with Crippen molar-refractivity contribution in [2.45, 2.75) is 24.5 Å². The predicted molar refractivity (Wildman–Crippen MR) is 123 cm³/mol. The van der Waals surface area contributed by atoms with Gasteiger partial charge in [-0.25, -0.2) is 9.38 Å². The Morgan fingerprint density at radius 3 is 2.89 bits per heavy atom. The van der Waals surface area contributed by atoms with E-state index >= 15 is 0 Å². The average Bonchev–Trinajstić information content (AvgIpc) is 3.52. The van der Waals surface area contributed by atoms with Crippen LogP contribution in [-0.4, -0.2) is 67.2 Å². The molecule has 2 fully saturated rings. The summed E-state index contributed by atoms with van der Waals surface area (Å²) < 4.78 is 41.2. The third kappa shape index (κ3) is 3.35. The molecule has 2 saturated heterocycles. The maximum Gasteiger partial charge on any atom is 1.00 e. The number of benzene rings is 1. The maximum absolute atomic E-state index is 13.3. The second-order valence-corrected chi connectivity index (χ2v) is 10.5. The summed E-state index contributed by atoms with van der Waals surface area (Å²) in [5.41, 5.74) is 1.04. The molecule has 4 aromatic rings. The van der Waals surface area contributed by atoms with Gasteiger partial charge in [-0.3, -0.25) is 13.9 Å². The molecular weight excluding hydrogens is 565 g/mol. The van der Waals surface area contributed by atoms with Crippen molar-refractivity contribution in [3.63, 3.8) is 0 Å². The molecule has 0 saturated carbocycles. The molecule has 36 heavy (non-hydrogen) atoms. The SMILES string of the molecule is O=c1c2nc(Br)n([C@@H]3OC4COP(=O)([O-])O[C@H]4C3O)c2nc2[nH]c(-c3ccc4c(c3)OCCO4)cn12.[H+]. The summed E-state index contributed by atoms with van der Waals surface area (Å²) in [4.78, 5) is 37.0. The van der Waals surface area contributed by atoms with Gasteiger partial charge in [-0.15, -0.1) is 0 Å². The van der Waals surface area contributed by atoms with Crippen LogP contribution in [0, 0.1) is 0 Å². The summed E-state index contributed by atoms with van der Waals surface area (Å²) in [6.45, 7) is 0.617. The highest BCUT2D eigenvalue weighted by Gasteiger charge is 2.51. The lowest BCUT2D eigenvalue weighted by Crippen LogP contribution is -2.41. The van der Waals surface area contributed by atoms with Crippen LogP contribution >= 0.6 is 23.8 Å². The van der Waals surface area contributed by atoms with E-state index in [-0.39, 0.29) is 29.7 Å². The van der Waals surface area contributed by atoms with E-state index in [2.05, 4.69) is 35.4 Å². The highest BCUT2D eigenvalue weighted by Crippen LogP contribution is 2.50. The smallest absolute Gasteiger partial charge is 0.756 e. The molecule has 0 aliphatic carbocycles. The summed E-state index contributed by atoms with van der Waals surface area (Å²) in [6, 6.07) is 5.43. The van der Waals surface area contributed by atoms with Gasteiger partial charge in [0.1, 0.15) is 31.5 Å². The van der Waals surface area contributed by atoms with Gasteiger partial charge < -0.3 is 38.2 Å². The molecule has 3 unspecified atom stereocenters. The molecule has 5 atom stereocenters. The first kappa shape index (κ1) is 22.4. The topological polar surface area (TPSA) is 174 Å². The number of aliphatic hydroxyl groups is 1. The monoisotopic (exact) mass is 581 g/mol. The van der Waals surface area contributed by atoms with Gasteiger partial charge in [0, 0.05) is 11.8 Å². The number of halogens is 1. The number of imidazole rings is 2. The van der Waals surface area contributed by atoms with Crippen LogP contribution < -0.4 is 19.9 Å². The zero-order chi connectivity index (χ0) is 24.8. The van der Waals surface area contributed by atoms with E-state index in [1.54, 1.807) is 18.3 Å². The van der Waals surface area contributed by atoms with Gasteiger partial charge in [0.05, 0.1) is 12.3 Å². The third-order valence-corrected chi connectivity index (χ3v) is 7.80. The molecular formula is C20H17BrN5O9P. The Hall–Kier alpha value is -2.78. The molecule has 0 bridgehead atoms. The molecule has 1 aromatic carbocycles. The minimum absolute atomic E-state index is 0. The number of phosphoric acid groups is 1. The molecule has 2 N–H and O–H groups in total. The number of rotatable bonds is 2. The van der Waals surface area contributed by atoms with Crippen molar-refractivity contribution < 1.29 is 39.2 Å². The first-order valence-electron chi connectivity index (χ1n) is 10.9. The summed E-state index contributed by atoms with van der Waals surface area (Å²) in [5, 5.41) is 10.8. The van der Waals surface area contributed by atoms with Crippen molar-refractivity contribution in [2.24, 2.45) is 0 Å². The third-order valence-electron chi connectivity index (χ3n) is 6.27. The van der Waals surface area contributed by atoms with Gasteiger partial charge in [-0.1, -0.05) is 0 Å². The molecule has 7 rings (SSSR count). The van der Waals surface area contributed by atoms with Gasteiger partial charge >= 0.3 is 1.43 Å². The minimum atomic E-state index is -4.55. The Morgan fingerprint density at radius 2 is 2.06 bits per heavy atom. The molecule has 0 amide bonds. The van der Waals surface area contributed by atoms with E-state index in [1.165, 1.54) is 8.97 Å². The highest BCUT2D eigenvalue weighted by molar-refractivity contribution is 9.10. The van der Waals surface area contributed by atoms with E-state index in [4.69, 9.17) is 18.7 Å². The van der Waals surface area contributed by atoms with Crippen LogP contribution in [-0.2, 0) is 18.3 Å². The number of hydrogen-bond donors (Lipinski definition) is 2. The molecule has 0 radical (unpaired) electrons. The molecule has 0 spiro atoms. The molecule has 6 heterocycles. The number of nitrogens with one attached hydrogen (secondary N) is 1. The van der Waals surface area contributed by atoms with Crippen LogP contribution in [0.2, 0.25) is 0 Å². The zero-order valence-electron chi connectivity index (χ0n) is 19.1. The standard InChI is InChI=1S/C20H17BrN5O9P/c21-19-23-13-16(26(19)18-14(27)15-12(34-18)7-33-36(29,30)35-15)24-20-22-9(6-25(20)17(13)28)8-1-2-10-11(5-8)32-4-3-31-10/h1-2,5-6,12,14-15,18,27H,3-4,7H2,(H,22,24)(H,29,30)/t12?,14?,15-,18-/m1/s1. The number of ether oxygens (including phenoxy) is 3. The Labute approximate surface area is 210 Å². The summed E-state index contributed by atoms with van der Waals surface area (Å²) in [7, 11) is -4.55. The van der Waals surface area contributed by atoms with Crippen molar-refractivity contribution in [1.29, 1.82) is 0 Å². The zero-order valence-corrected chi connectivity index (χ0v) is 20.5. The Kier molecular flexibility index (Phi) is 4.89. The van der Waals surface area contributed by atoms with Crippen LogP contribution in [0.1, 0.15) is 7.65 Å². The van der Waals surface area contributed by atoms with Gasteiger partial charge in [-0.05, 0) is 34.1 Å². The number of aromatic amines is 1. The number of fused-ring (bicyclic) bond motifs is 4. The van der Waals surface area contributed by atoms with E-state index < -0.39 is 37.9 Å². The first-order valence-corrected chi connectivity index (χ1v) is 13.1. The summed E-state index contributed by atoms with van der Waals surface area (Å²) >= 11 is 3.30. The Bertz CT molecular complexity index is 1660. The van der Waals surface area contributed by atoms with Gasteiger partial charge in [-0.2, -0.15) is 4.98 Å². The lowest BCUT2D eigenvalue weighted by molar-refractivity contribution is -0.245. The highest BCUT2D eigenvalue weighted by atomic mass is 79.9. The van der Waals surface area contributed by atoms with Crippen LogP contribution in [0.15, 0.2) is 33.9 Å². The maximum atomic E-state index is 13.3. The van der Waals surface area contributed by atoms with E-state index in [1.807, 2.05) is 6.07 Å². The summed E-state index contributed by atoms with van der Waals surface area (Å²) in [6.07, 6.45) is -2.94. The average molecular weight is 582 g/mol. The molecule has 14 nitrogen and oxygen atoms in total. The van der Waals surface area contributed by atoms with Crippen LogP contribution in [0.3, 0.4) is 0 Å². The molecule has 3 aliphatic rings. The van der Waals surface area contributed by atoms with Crippen molar-refractivity contribution in [2.75, 3.05) is 19.8 Å². The number of phosphoric ester groups is 1. The molecule has 16 heteroatoms. The largest absolute Gasteiger partial charge is 1.00 e. The number of nitrogens with zero attached hydrogens (tertiary/aromatic N) is 4. The second kappa shape index (κ2) is 7.86. The molecule has 188 valence electrons. The predicted octanol–water partition coefficient (Wildman–Crippen LogP) is 0.828. The van der Waals surface area contributed by atoms with E-state index in [0.29, 0.717) is 30.4 Å². The lowest BCUT2D eigenvalue weighted by atomic mass is 10.1. The molecule has 3 aromatic heterocycles. The van der Waals surface area contributed by atoms with Crippen molar-refractivity contribution in [1.82, 2.24) is 23.9 Å². The Morgan fingerprint density at radius 1 is 1.25 bits per heavy atom. The quantitative estimate of drug-likeness (QED) is 0.253. The fourth-order valence-electron chi connectivity index (χ4n) is 4.63.